The molecule has 2 aliphatic rings. The second-order valence-corrected chi connectivity index (χ2v) is 7.43. The topological polar surface area (TPSA) is 49.6 Å². The summed E-state index contributed by atoms with van der Waals surface area (Å²) < 4.78 is 43.1. The molecule has 0 bridgehead atoms. The molecule has 26 heavy (non-hydrogen) atoms. The molecule has 0 saturated carbocycles. The van der Waals surface area contributed by atoms with Gasteiger partial charge in [0.25, 0.3) is 5.91 Å². The quantitative estimate of drug-likeness (QED) is 0.792. The Balaban J connectivity index is 1.55. The Morgan fingerprint density at radius 1 is 1.27 bits per heavy atom. The molecule has 1 amide bonds. The Morgan fingerprint density at radius 2 is 2.08 bits per heavy atom. The highest BCUT2D eigenvalue weighted by molar-refractivity contribution is 7.17. The average molecular weight is 383 g/mol. The number of piperazine rings is 1. The first-order valence-electron chi connectivity index (χ1n) is 8.21. The third kappa shape index (κ3) is 2.90. The molecule has 138 valence electrons. The highest BCUT2D eigenvalue weighted by Crippen LogP contribution is 2.38. The Bertz CT molecular complexity index is 884. The van der Waals surface area contributed by atoms with Crippen LogP contribution < -0.4 is 0 Å². The van der Waals surface area contributed by atoms with E-state index in [0.29, 0.717) is 22.8 Å². The minimum atomic E-state index is -4.58. The summed E-state index contributed by atoms with van der Waals surface area (Å²) in [5.41, 5.74) is 1.23. The minimum Gasteiger partial charge on any atom is -0.372 e. The van der Waals surface area contributed by atoms with Crippen LogP contribution in [0.15, 0.2) is 28.4 Å². The van der Waals surface area contributed by atoms with Crippen molar-refractivity contribution < 1.29 is 22.5 Å². The number of alkyl halides is 3. The van der Waals surface area contributed by atoms with Crippen molar-refractivity contribution in [3.05, 3.63) is 40.1 Å². The predicted octanol–water partition coefficient (Wildman–Crippen LogP) is 3.78. The van der Waals surface area contributed by atoms with Gasteiger partial charge in [-0.2, -0.15) is 13.2 Å². The molecule has 0 radical (unpaired) electrons. The van der Waals surface area contributed by atoms with Gasteiger partial charge in [-0.25, -0.2) is 0 Å². The van der Waals surface area contributed by atoms with Crippen LogP contribution in [-0.2, 0) is 6.18 Å². The number of fused-ring (bicyclic) bond motifs is 1. The van der Waals surface area contributed by atoms with Crippen LogP contribution in [0.25, 0.3) is 10.6 Å². The van der Waals surface area contributed by atoms with E-state index in [4.69, 9.17) is 0 Å². The Hall–Kier alpha value is -2.29. The molecule has 2 aromatic rings. The zero-order valence-electron chi connectivity index (χ0n) is 14.0. The third-order valence-corrected chi connectivity index (χ3v) is 5.78. The van der Waals surface area contributed by atoms with Crippen LogP contribution in [0.1, 0.15) is 27.4 Å². The number of thiophene rings is 1. The van der Waals surface area contributed by atoms with E-state index in [1.165, 1.54) is 12.6 Å². The van der Waals surface area contributed by atoms with Crippen molar-refractivity contribution in [3.63, 3.8) is 0 Å². The van der Waals surface area contributed by atoms with Gasteiger partial charge in [-0.1, -0.05) is 11.2 Å². The monoisotopic (exact) mass is 383 g/mol. The zero-order chi connectivity index (χ0) is 18.5. The van der Waals surface area contributed by atoms with Gasteiger partial charge in [0, 0.05) is 30.9 Å². The van der Waals surface area contributed by atoms with Gasteiger partial charge in [-0.3, -0.25) is 4.79 Å². The van der Waals surface area contributed by atoms with E-state index < -0.39 is 11.9 Å². The van der Waals surface area contributed by atoms with Gasteiger partial charge < -0.3 is 14.3 Å². The third-order valence-electron chi connectivity index (χ3n) is 4.70. The lowest BCUT2D eigenvalue weighted by molar-refractivity contribution is -0.156. The van der Waals surface area contributed by atoms with Crippen LogP contribution in [0.3, 0.4) is 0 Å². The number of rotatable bonds is 2. The van der Waals surface area contributed by atoms with Gasteiger partial charge in [0.05, 0.1) is 16.3 Å². The van der Waals surface area contributed by atoms with Crippen LogP contribution in [0.5, 0.6) is 0 Å². The van der Waals surface area contributed by atoms with Crippen molar-refractivity contribution in [2.75, 3.05) is 26.2 Å². The van der Waals surface area contributed by atoms with E-state index in [-0.39, 0.29) is 17.2 Å². The van der Waals surface area contributed by atoms with Gasteiger partial charge in [0.15, 0.2) is 0 Å². The number of halogens is 3. The van der Waals surface area contributed by atoms with Crippen molar-refractivity contribution in [2.24, 2.45) is 0 Å². The van der Waals surface area contributed by atoms with E-state index in [2.05, 4.69) is 20.7 Å². The minimum absolute atomic E-state index is 0.0666. The average Bonchev–Trinajstić information content (AvgIpc) is 3.31. The molecular weight excluding hydrogens is 367 g/mol. The van der Waals surface area contributed by atoms with Crippen LogP contribution in [0.2, 0.25) is 0 Å². The Kier molecular flexibility index (Phi) is 4.06. The Morgan fingerprint density at radius 3 is 2.81 bits per heavy atom. The Labute approximate surface area is 151 Å². The smallest absolute Gasteiger partial charge is 0.372 e. The summed E-state index contributed by atoms with van der Waals surface area (Å²) in [5, 5.41) is 3.56. The lowest BCUT2D eigenvalue weighted by Crippen LogP contribution is -2.45. The molecule has 0 unspecified atom stereocenters. The lowest BCUT2D eigenvalue weighted by Gasteiger charge is -2.35. The highest BCUT2D eigenvalue weighted by atomic mass is 32.1. The molecule has 1 saturated heterocycles. The van der Waals surface area contributed by atoms with E-state index >= 15 is 0 Å². The van der Waals surface area contributed by atoms with E-state index in [1.807, 2.05) is 0 Å². The SMILES string of the molecule is Cc1c(-c2ccc(C(=O)N3CCN4CCC=C4C3)s2)noc1C(F)(F)F. The molecule has 4 rings (SSSR count). The number of amides is 1. The highest BCUT2D eigenvalue weighted by Gasteiger charge is 2.39. The summed E-state index contributed by atoms with van der Waals surface area (Å²) in [4.78, 5) is 17.8. The van der Waals surface area contributed by atoms with Crippen molar-refractivity contribution in [1.82, 2.24) is 15.0 Å². The van der Waals surface area contributed by atoms with Gasteiger partial charge >= 0.3 is 6.18 Å². The summed E-state index contributed by atoms with van der Waals surface area (Å²) in [5.74, 6) is -1.20. The maximum Gasteiger partial charge on any atom is 0.452 e. The largest absolute Gasteiger partial charge is 0.452 e. The molecule has 2 aromatic heterocycles. The van der Waals surface area contributed by atoms with Crippen molar-refractivity contribution >= 4 is 17.2 Å². The van der Waals surface area contributed by atoms with Crippen molar-refractivity contribution in [1.29, 1.82) is 0 Å². The first kappa shape index (κ1) is 17.1. The summed E-state index contributed by atoms with van der Waals surface area (Å²) in [7, 11) is 0. The molecular formula is C17H16F3N3O2S. The number of hydrogen-bond acceptors (Lipinski definition) is 5. The maximum absolute atomic E-state index is 12.9. The second-order valence-electron chi connectivity index (χ2n) is 6.34. The van der Waals surface area contributed by atoms with Gasteiger partial charge in [0.2, 0.25) is 5.76 Å². The van der Waals surface area contributed by atoms with E-state index in [0.717, 1.165) is 30.8 Å². The molecule has 2 aliphatic heterocycles. The normalized spacial score (nSPS) is 17.5. The molecule has 9 heteroatoms. The number of carbonyl (C=O) groups is 1. The number of aromatic nitrogens is 1. The van der Waals surface area contributed by atoms with Gasteiger partial charge in [-0.05, 0) is 25.5 Å². The van der Waals surface area contributed by atoms with Crippen LogP contribution >= 0.6 is 11.3 Å². The van der Waals surface area contributed by atoms with E-state index in [1.54, 1.807) is 17.0 Å². The predicted molar refractivity (Wildman–Crippen MR) is 89.7 cm³/mol. The summed E-state index contributed by atoms with van der Waals surface area (Å²) in [6.45, 7) is 4.36. The zero-order valence-corrected chi connectivity index (χ0v) is 14.8. The summed E-state index contributed by atoms with van der Waals surface area (Å²) in [6.07, 6.45) is -1.43. The maximum atomic E-state index is 12.9. The fourth-order valence-corrected chi connectivity index (χ4v) is 4.35. The molecule has 1 fully saturated rings. The van der Waals surface area contributed by atoms with Crippen LogP contribution in [0.4, 0.5) is 13.2 Å². The molecule has 0 aromatic carbocycles. The first-order valence-corrected chi connectivity index (χ1v) is 9.03. The molecule has 5 nitrogen and oxygen atoms in total. The number of nitrogens with zero attached hydrogens (tertiary/aromatic N) is 3. The van der Waals surface area contributed by atoms with Gasteiger partial charge in [0.1, 0.15) is 5.69 Å². The fraction of sp³-hybridized carbons (Fsp3) is 0.412. The van der Waals surface area contributed by atoms with Gasteiger partial charge in [-0.15, -0.1) is 11.3 Å². The molecule has 4 heterocycles. The first-order chi connectivity index (χ1) is 12.3. The van der Waals surface area contributed by atoms with Crippen LogP contribution in [-0.4, -0.2) is 47.0 Å². The number of carbonyl (C=O) groups excluding carboxylic acids is 1. The summed E-state index contributed by atoms with van der Waals surface area (Å²) in [6, 6.07) is 3.26. The second kappa shape index (κ2) is 6.15. The van der Waals surface area contributed by atoms with Crippen LogP contribution in [0, 0.1) is 6.92 Å². The van der Waals surface area contributed by atoms with E-state index in [9.17, 15) is 18.0 Å². The standard InChI is InChI=1S/C17H16F3N3O2S/c1-10-14(21-25-15(10)17(18,19)20)12-4-5-13(26-12)16(24)23-8-7-22-6-2-3-11(22)9-23/h3-5H,2,6-9H2,1H3. The lowest BCUT2D eigenvalue weighted by atomic mass is 10.2. The molecule has 0 atom stereocenters. The summed E-state index contributed by atoms with van der Waals surface area (Å²) >= 11 is 1.14. The van der Waals surface area contributed by atoms with Crippen molar-refractivity contribution in [2.45, 2.75) is 19.5 Å². The van der Waals surface area contributed by atoms with Crippen molar-refractivity contribution in [3.8, 4) is 10.6 Å². The molecule has 0 spiro atoms. The molecule has 0 aliphatic carbocycles. The molecule has 0 N–H and O–H groups in total. The fourth-order valence-electron chi connectivity index (χ4n) is 3.33. The number of hydrogen-bond donors (Lipinski definition) is 0.